The van der Waals surface area contributed by atoms with Crippen molar-refractivity contribution in [3.8, 4) is 5.75 Å². The molecule has 3 heterocycles. The fraction of sp³-hybridized carbons (Fsp3) is 0.125. The van der Waals surface area contributed by atoms with Gasteiger partial charge in [-0.15, -0.1) is 0 Å². The Morgan fingerprint density at radius 1 is 1.32 bits per heavy atom. The second-order valence-corrected chi connectivity index (χ2v) is 6.09. The van der Waals surface area contributed by atoms with Gasteiger partial charge in [0, 0.05) is 28.2 Å². The minimum absolute atomic E-state index is 0.474. The van der Waals surface area contributed by atoms with Crippen molar-refractivity contribution in [3.63, 3.8) is 0 Å². The van der Waals surface area contributed by atoms with E-state index >= 15 is 0 Å². The average Bonchev–Trinajstić information content (AvgIpc) is 2.92. The summed E-state index contributed by atoms with van der Waals surface area (Å²) in [6, 6.07) is 11.7. The first-order valence-corrected chi connectivity index (χ1v) is 7.62. The molecule has 0 saturated heterocycles. The summed E-state index contributed by atoms with van der Waals surface area (Å²) in [6.07, 6.45) is 3.74. The van der Waals surface area contributed by atoms with Crippen LogP contribution in [0.5, 0.6) is 5.75 Å². The van der Waals surface area contributed by atoms with Gasteiger partial charge in [-0.05, 0) is 34.1 Å². The quantitative estimate of drug-likeness (QED) is 0.534. The van der Waals surface area contributed by atoms with Gasteiger partial charge in [0.1, 0.15) is 11.5 Å². The molecule has 0 radical (unpaired) electrons. The van der Waals surface area contributed by atoms with Crippen LogP contribution in [-0.4, -0.2) is 20.3 Å². The normalized spacial score (nSPS) is 19.1. The maximum Gasteiger partial charge on any atom is 0.182 e. The van der Waals surface area contributed by atoms with Crippen LogP contribution >= 0.6 is 15.9 Å². The summed E-state index contributed by atoms with van der Waals surface area (Å²) in [7, 11) is 0. The SMILES string of the molecule is ON=C1Cc2ccccc2OC1c1cc2cc(Br)cn2cn1. The number of aromatic nitrogens is 2. The molecule has 0 aliphatic carbocycles. The molecule has 0 fully saturated rings. The van der Waals surface area contributed by atoms with Gasteiger partial charge in [-0.3, -0.25) is 0 Å². The zero-order chi connectivity index (χ0) is 15.1. The van der Waals surface area contributed by atoms with Crippen molar-refractivity contribution in [3.05, 3.63) is 64.7 Å². The molecule has 3 aromatic rings. The van der Waals surface area contributed by atoms with E-state index in [2.05, 4.69) is 26.1 Å². The van der Waals surface area contributed by atoms with Crippen molar-refractivity contribution in [2.24, 2.45) is 5.16 Å². The molecule has 0 spiro atoms. The molecule has 1 N–H and O–H groups in total. The summed E-state index contributed by atoms with van der Waals surface area (Å²) in [5.41, 5.74) is 3.29. The van der Waals surface area contributed by atoms with Crippen molar-refractivity contribution >= 4 is 27.2 Å². The summed E-state index contributed by atoms with van der Waals surface area (Å²) in [5, 5.41) is 12.8. The Morgan fingerprint density at radius 2 is 2.18 bits per heavy atom. The molecule has 2 aromatic heterocycles. The van der Waals surface area contributed by atoms with E-state index in [9.17, 15) is 5.21 Å². The number of ether oxygens (including phenoxy) is 1. The minimum Gasteiger partial charge on any atom is -0.478 e. The van der Waals surface area contributed by atoms with Gasteiger partial charge < -0.3 is 14.3 Å². The summed E-state index contributed by atoms with van der Waals surface area (Å²) < 4.78 is 8.90. The molecule has 1 aliphatic heterocycles. The highest BCUT2D eigenvalue weighted by Gasteiger charge is 2.29. The number of para-hydroxylation sites is 1. The molecule has 1 atom stereocenters. The maximum absolute atomic E-state index is 9.33. The molecular formula is C16H12BrN3O2. The smallest absolute Gasteiger partial charge is 0.182 e. The lowest BCUT2D eigenvalue weighted by Gasteiger charge is -2.26. The summed E-state index contributed by atoms with van der Waals surface area (Å²) in [6.45, 7) is 0. The van der Waals surface area contributed by atoms with Crippen molar-refractivity contribution in [2.75, 3.05) is 0 Å². The van der Waals surface area contributed by atoms with E-state index < -0.39 is 6.10 Å². The molecule has 0 saturated carbocycles. The Bertz CT molecular complexity index is 888. The van der Waals surface area contributed by atoms with Gasteiger partial charge in [-0.1, -0.05) is 23.4 Å². The van der Waals surface area contributed by atoms with E-state index in [1.165, 1.54) is 0 Å². The predicted molar refractivity (Wildman–Crippen MR) is 85.6 cm³/mol. The number of benzene rings is 1. The highest BCUT2D eigenvalue weighted by molar-refractivity contribution is 9.10. The lowest BCUT2D eigenvalue weighted by molar-refractivity contribution is 0.240. The number of hydrogen-bond donors (Lipinski definition) is 1. The third-order valence-corrected chi connectivity index (χ3v) is 4.20. The second-order valence-electron chi connectivity index (χ2n) is 5.18. The van der Waals surface area contributed by atoms with Gasteiger partial charge in [0.25, 0.3) is 0 Å². The Morgan fingerprint density at radius 3 is 3.05 bits per heavy atom. The molecule has 6 heteroatoms. The van der Waals surface area contributed by atoms with E-state index in [0.717, 1.165) is 27.0 Å². The molecule has 0 bridgehead atoms. The third kappa shape index (κ3) is 2.16. The van der Waals surface area contributed by atoms with Crippen LogP contribution in [0.2, 0.25) is 0 Å². The topological polar surface area (TPSA) is 59.1 Å². The Hall–Kier alpha value is -2.34. The van der Waals surface area contributed by atoms with Crippen molar-refractivity contribution in [1.82, 2.24) is 9.38 Å². The standard InChI is InChI=1S/C16H12BrN3O2/c17-11-6-12-7-13(18-9-20(12)8-11)16-14(19-21)5-10-3-1-2-4-15(10)22-16/h1-4,6-9,16,21H,5H2. The molecule has 1 unspecified atom stereocenters. The van der Waals surface area contributed by atoms with Gasteiger partial charge in [-0.2, -0.15) is 0 Å². The minimum atomic E-state index is -0.474. The molecule has 0 amide bonds. The molecule has 1 aliphatic rings. The summed E-state index contributed by atoms with van der Waals surface area (Å²) in [4.78, 5) is 4.44. The second kappa shape index (κ2) is 5.14. The summed E-state index contributed by atoms with van der Waals surface area (Å²) >= 11 is 3.45. The third-order valence-electron chi connectivity index (χ3n) is 3.76. The van der Waals surface area contributed by atoms with Crippen LogP contribution in [0, 0.1) is 0 Å². The van der Waals surface area contributed by atoms with Gasteiger partial charge >= 0.3 is 0 Å². The van der Waals surface area contributed by atoms with E-state index in [4.69, 9.17) is 4.74 Å². The number of fused-ring (bicyclic) bond motifs is 2. The van der Waals surface area contributed by atoms with E-state index in [-0.39, 0.29) is 0 Å². The van der Waals surface area contributed by atoms with Crippen LogP contribution < -0.4 is 4.74 Å². The van der Waals surface area contributed by atoms with E-state index in [0.29, 0.717) is 12.1 Å². The number of rotatable bonds is 1. The van der Waals surface area contributed by atoms with Crippen LogP contribution in [0.15, 0.2) is 58.6 Å². The van der Waals surface area contributed by atoms with E-state index in [1.807, 2.05) is 47.0 Å². The van der Waals surface area contributed by atoms with E-state index in [1.54, 1.807) is 6.33 Å². The first-order chi connectivity index (χ1) is 10.7. The lowest BCUT2D eigenvalue weighted by Crippen LogP contribution is -2.27. The first-order valence-electron chi connectivity index (χ1n) is 6.83. The zero-order valence-electron chi connectivity index (χ0n) is 11.5. The van der Waals surface area contributed by atoms with Crippen molar-refractivity contribution < 1.29 is 9.94 Å². The fourth-order valence-corrected chi connectivity index (χ4v) is 3.16. The Kier molecular flexibility index (Phi) is 3.11. The largest absolute Gasteiger partial charge is 0.478 e. The van der Waals surface area contributed by atoms with Crippen LogP contribution in [-0.2, 0) is 6.42 Å². The number of hydrogen-bond acceptors (Lipinski definition) is 4. The molecular weight excluding hydrogens is 346 g/mol. The number of halogens is 1. The molecule has 22 heavy (non-hydrogen) atoms. The Balaban J connectivity index is 1.79. The number of oxime groups is 1. The van der Waals surface area contributed by atoms with Crippen molar-refractivity contribution in [2.45, 2.75) is 12.5 Å². The highest BCUT2D eigenvalue weighted by Crippen LogP contribution is 2.33. The molecule has 5 nitrogen and oxygen atoms in total. The zero-order valence-corrected chi connectivity index (χ0v) is 13.1. The maximum atomic E-state index is 9.33. The van der Waals surface area contributed by atoms with Gasteiger partial charge in [0.2, 0.25) is 0 Å². The van der Waals surface area contributed by atoms with Crippen LogP contribution in [0.4, 0.5) is 0 Å². The van der Waals surface area contributed by atoms with Crippen molar-refractivity contribution in [1.29, 1.82) is 0 Å². The summed E-state index contributed by atoms with van der Waals surface area (Å²) in [5.74, 6) is 0.804. The molecule has 110 valence electrons. The first kappa shape index (κ1) is 13.3. The predicted octanol–water partition coefficient (Wildman–Crippen LogP) is 3.60. The Labute approximate surface area is 135 Å². The average molecular weight is 358 g/mol. The molecule has 1 aromatic carbocycles. The van der Waals surface area contributed by atoms with Gasteiger partial charge in [-0.25, -0.2) is 4.98 Å². The van der Waals surface area contributed by atoms with Crippen LogP contribution in [0.3, 0.4) is 0 Å². The van der Waals surface area contributed by atoms with Gasteiger partial charge in [0.15, 0.2) is 6.10 Å². The van der Waals surface area contributed by atoms with Crippen LogP contribution in [0.1, 0.15) is 17.4 Å². The molecule has 4 rings (SSSR count). The fourth-order valence-electron chi connectivity index (χ4n) is 2.70. The van der Waals surface area contributed by atoms with Crippen LogP contribution in [0.25, 0.3) is 5.52 Å². The van der Waals surface area contributed by atoms with Gasteiger partial charge in [0.05, 0.1) is 12.0 Å². The monoisotopic (exact) mass is 357 g/mol. The number of nitrogens with zero attached hydrogens (tertiary/aromatic N) is 3. The lowest BCUT2D eigenvalue weighted by atomic mass is 9.98. The highest BCUT2D eigenvalue weighted by atomic mass is 79.9.